The molecule has 4 rings (SSSR count). The molecule has 2 bridgehead atoms. The van der Waals surface area contributed by atoms with Gasteiger partial charge in [0.1, 0.15) is 12.4 Å². The predicted molar refractivity (Wildman–Crippen MR) is 95.0 cm³/mol. The molecule has 0 radical (unpaired) electrons. The van der Waals surface area contributed by atoms with Crippen LogP contribution >= 0.6 is 11.6 Å². The van der Waals surface area contributed by atoms with Gasteiger partial charge < -0.3 is 15.4 Å². The van der Waals surface area contributed by atoms with Crippen molar-refractivity contribution in [2.24, 2.45) is 0 Å². The standard InChI is InChI=1S/C18H17ClFN5O/c19-14-5-10(8-21)1-4-15(14)25-17-16(20)18(23-9-22-17)26-13-6-11-2-3-12(7-13)24-11/h1,4-5,9,11-13,24H,2-3,6-7H2,(H,22,23,25). The van der Waals surface area contributed by atoms with Gasteiger partial charge in [0.2, 0.25) is 5.82 Å². The van der Waals surface area contributed by atoms with E-state index in [1.54, 1.807) is 12.1 Å². The fourth-order valence-corrected chi connectivity index (χ4v) is 3.82. The van der Waals surface area contributed by atoms with Gasteiger partial charge in [-0.3, -0.25) is 0 Å². The maximum Gasteiger partial charge on any atom is 0.256 e. The second-order valence-electron chi connectivity index (χ2n) is 6.62. The van der Waals surface area contributed by atoms with Crippen molar-refractivity contribution in [1.82, 2.24) is 15.3 Å². The van der Waals surface area contributed by atoms with Crippen molar-refractivity contribution in [3.8, 4) is 11.9 Å². The molecule has 2 fully saturated rings. The van der Waals surface area contributed by atoms with Gasteiger partial charge in [-0.2, -0.15) is 14.6 Å². The molecule has 2 unspecified atom stereocenters. The SMILES string of the molecule is N#Cc1ccc(Nc2ncnc(OC3CC4CCC(C3)N4)c2F)c(Cl)c1. The molecule has 0 aliphatic carbocycles. The lowest BCUT2D eigenvalue weighted by Crippen LogP contribution is -2.42. The molecule has 6 nitrogen and oxygen atoms in total. The summed E-state index contributed by atoms with van der Waals surface area (Å²) in [5, 5.41) is 15.6. The molecule has 0 saturated carbocycles. The van der Waals surface area contributed by atoms with Crippen molar-refractivity contribution in [3.63, 3.8) is 0 Å². The number of ether oxygens (including phenoxy) is 1. The summed E-state index contributed by atoms with van der Waals surface area (Å²) < 4.78 is 20.6. The Hall–Kier alpha value is -2.43. The number of fused-ring (bicyclic) bond motifs is 2. The van der Waals surface area contributed by atoms with Crippen LogP contribution in [-0.4, -0.2) is 28.2 Å². The zero-order chi connectivity index (χ0) is 18.1. The van der Waals surface area contributed by atoms with Gasteiger partial charge in [-0.15, -0.1) is 0 Å². The minimum absolute atomic E-state index is 0.0153. The van der Waals surface area contributed by atoms with E-state index >= 15 is 0 Å². The zero-order valence-corrected chi connectivity index (χ0v) is 14.6. The van der Waals surface area contributed by atoms with E-state index in [0.717, 1.165) is 25.7 Å². The van der Waals surface area contributed by atoms with E-state index in [1.807, 2.05) is 6.07 Å². The third kappa shape index (κ3) is 3.43. The van der Waals surface area contributed by atoms with Crippen LogP contribution in [0.5, 0.6) is 5.88 Å². The summed E-state index contributed by atoms with van der Waals surface area (Å²) in [4.78, 5) is 7.89. The number of benzene rings is 1. The number of nitriles is 1. The summed E-state index contributed by atoms with van der Waals surface area (Å²) in [5.74, 6) is -0.726. The van der Waals surface area contributed by atoms with Crippen LogP contribution in [0.1, 0.15) is 31.2 Å². The molecule has 8 heteroatoms. The van der Waals surface area contributed by atoms with E-state index < -0.39 is 5.82 Å². The number of hydrogen-bond acceptors (Lipinski definition) is 6. The number of halogens is 2. The highest BCUT2D eigenvalue weighted by Crippen LogP contribution is 2.32. The van der Waals surface area contributed by atoms with Crippen LogP contribution in [0.3, 0.4) is 0 Å². The summed E-state index contributed by atoms with van der Waals surface area (Å²) in [7, 11) is 0. The molecule has 2 N–H and O–H groups in total. The zero-order valence-electron chi connectivity index (χ0n) is 13.9. The molecule has 134 valence electrons. The maximum absolute atomic E-state index is 14.8. The van der Waals surface area contributed by atoms with Crippen molar-refractivity contribution in [1.29, 1.82) is 5.26 Å². The summed E-state index contributed by atoms with van der Waals surface area (Å²) in [6, 6.07) is 7.59. The molecular formula is C18H17ClFN5O. The van der Waals surface area contributed by atoms with Crippen molar-refractivity contribution < 1.29 is 9.13 Å². The Morgan fingerprint density at radius 3 is 2.73 bits per heavy atom. The first-order valence-corrected chi connectivity index (χ1v) is 8.90. The van der Waals surface area contributed by atoms with E-state index in [-0.39, 0.29) is 17.8 Å². The van der Waals surface area contributed by atoms with Gasteiger partial charge in [0.05, 0.1) is 22.3 Å². The smallest absolute Gasteiger partial charge is 0.256 e. The normalized spacial score (nSPS) is 24.1. The topological polar surface area (TPSA) is 82.9 Å². The first kappa shape index (κ1) is 17.0. The van der Waals surface area contributed by atoms with Crippen LogP contribution in [0, 0.1) is 17.1 Å². The highest BCUT2D eigenvalue weighted by molar-refractivity contribution is 6.33. The Balaban J connectivity index is 1.51. The largest absolute Gasteiger partial charge is 0.472 e. The Kier molecular flexibility index (Phi) is 4.62. The quantitative estimate of drug-likeness (QED) is 0.852. The van der Waals surface area contributed by atoms with E-state index in [0.29, 0.717) is 28.4 Å². The third-order valence-corrected chi connectivity index (χ3v) is 5.13. The van der Waals surface area contributed by atoms with Crippen molar-refractivity contribution >= 4 is 23.1 Å². The highest BCUT2D eigenvalue weighted by Gasteiger charge is 2.35. The molecule has 0 amide bonds. The van der Waals surface area contributed by atoms with Crippen LogP contribution in [0.4, 0.5) is 15.9 Å². The Morgan fingerprint density at radius 2 is 2.04 bits per heavy atom. The van der Waals surface area contributed by atoms with Gasteiger partial charge in [0.15, 0.2) is 5.82 Å². The number of piperidine rings is 1. The second-order valence-corrected chi connectivity index (χ2v) is 7.03. The molecule has 1 aromatic carbocycles. The number of anilines is 2. The van der Waals surface area contributed by atoms with Gasteiger partial charge in [0.25, 0.3) is 5.88 Å². The number of nitrogens with one attached hydrogen (secondary N) is 2. The summed E-state index contributed by atoms with van der Waals surface area (Å²) >= 11 is 6.13. The summed E-state index contributed by atoms with van der Waals surface area (Å²) in [6.45, 7) is 0. The summed E-state index contributed by atoms with van der Waals surface area (Å²) in [6.07, 6.45) is 5.19. The third-order valence-electron chi connectivity index (χ3n) is 4.82. The van der Waals surface area contributed by atoms with Crippen LogP contribution in [-0.2, 0) is 0 Å². The number of hydrogen-bond donors (Lipinski definition) is 2. The van der Waals surface area contributed by atoms with Gasteiger partial charge in [-0.25, -0.2) is 4.98 Å². The van der Waals surface area contributed by atoms with Crippen molar-refractivity contribution in [2.45, 2.75) is 43.9 Å². The fraction of sp³-hybridized carbons (Fsp3) is 0.389. The first-order valence-electron chi connectivity index (χ1n) is 8.52. The number of aromatic nitrogens is 2. The monoisotopic (exact) mass is 373 g/mol. The van der Waals surface area contributed by atoms with Crippen LogP contribution in [0.25, 0.3) is 0 Å². The minimum atomic E-state index is -0.654. The molecular weight excluding hydrogens is 357 g/mol. The lowest BCUT2D eigenvalue weighted by Gasteiger charge is -2.29. The van der Waals surface area contributed by atoms with Crippen LogP contribution in [0.2, 0.25) is 5.02 Å². The number of rotatable bonds is 4. The summed E-state index contributed by atoms with van der Waals surface area (Å²) in [5.41, 5.74) is 0.877. The van der Waals surface area contributed by atoms with Crippen molar-refractivity contribution in [3.05, 3.63) is 40.9 Å². The predicted octanol–water partition coefficient (Wildman–Crippen LogP) is 3.55. The highest BCUT2D eigenvalue weighted by atomic mass is 35.5. The second kappa shape index (κ2) is 7.06. The van der Waals surface area contributed by atoms with Gasteiger partial charge >= 0.3 is 0 Å². The van der Waals surface area contributed by atoms with Gasteiger partial charge in [-0.05, 0) is 43.9 Å². The Morgan fingerprint density at radius 1 is 1.27 bits per heavy atom. The maximum atomic E-state index is 14.8. The number of nitrogens with zero attached hydrogens (tertiary/aromatic N) is 3. The lowest BCUT2D eigenvalue weighted by atomic mass is 10.0. The Labute approximate surface area is 155 Å². The average Bonchev–Trinajstić information content (AvgIpc) is 2.98. The molecule has 2 aliphatic rings. The van der Waals surface area contributed by atoms with E-state index in [9.17, 15) is 4.39 Å². The fourth-order valence-electron chi connectivity index (χ4n) is 3.60. The van der Waals surface area contributed by atoms with E-state index in [1.165, 1.54) is 12.4 Å². The molecule has 2 saturated heterocycles. The Bertz CT molecular complexity index is 859. The first-order chi connectivity index (χ1) is 12.6. The lowest BCUT2D eigenvalue weighted by molar-refractivity contribution is 0.126. The molecule has 3 heterocycles. The van der Waals surface area contributed by atoms with E-state index in [4.69, 9.17) is 21.6 Å². The van der Waals surface area contributed by atoms with E-state index in [2.05, 4.69) is 20.6 Å². The van der Waals surface area contributed by atoms with Crippen molar-refractivity contribution in [2.75, 3.05) is 5.32 Å². The van der Waals surface area contributed by atoms with Gasteiger partial charge in [0, 0.05) is 12.1 Å². The molecule has 2 aliphatic heterocycles. The minimum Gasteiger partial charge on any atom is -0.472 e. The molecule has 2 aromatic rings. The molecule has 0 spiro atoms. The molecule has 2 atom stereocenters. The molecule has 1 aromatic heterocycles. The van der Waals surface area contributed by atoms with Gasteiger partial charge in [-0.1, -0.05) is 11.6 Å². The van der Waals surface area contributed by atoms with Crippen LogP contribution < -0.4 is 15.4 Å². The molecule has 26 heavy (non-hydrogen) atoms. The average molecular weight is 374 g/mol. The van der Waals surface area contributed by atoms with Crippen LogP contribution in [0.15, 0.2) is 24.5 Å².